The molecule has 2 aromatic carbocycles. The molecule has 3 rings (SSSR count). The third-order valence-corrected chi connectivity index (χ3v) is 4.77. The maximum absolute atomic E-state index is 13.5. The third kappa shape index (κ3) is 4.94. The largest absolute Gasteiger partial charge is 0.416 e. The highest BCUT2D eigenvalue weighted by atomic mass is 32.2. The highest BCUT2D eigenvalue weighted by Gasteiger charge is 2.33. The quantitative estimate of drug-likeness (QED) is 0.483. The van der Waals surface area contributed by atoms with E-state index >= 15 is 0 Å². The highest BCUT2D eigenvalue weighted by molar-refractivity contribution is 8.15. The lowest BCUT2D eigenvalue weighted by molar-refractivity contribution is -0.137. The molecule has 1 atom stereocenters. The molecule has 1 saturated heterocycles. The van der Waals surface area contributed by atoms with E-state index in [1.807, 2.05) is 0 Å². The van der Waals surface area contributed by atoms with Crippen LogP contribution in [0.2, 0.25) is 0 Å². The Morgan fingerprint density at radius 3 is 2.67 bits per heavy atom. The van der Waals surface area contributed by atoms with Gasteiger partial charge in [-0.2, -0.15) is 18.3 Å². The first-order valence-corrected chi connectivity index (χ1v) is 8.70. The standard InChI is InChI=1S/C18H13F4N3OS/c19-14-7-2-1-5-12(14)10-23-25-17-24-16(26)15(27-17)9-11-4-3-6-13(8-11)18(20,21)22/h1-8,10,15H,9H2,(H,24,25,26)/b23-10-/t15-/m0/s1. The van der Waals surface area contributed by atoms with Gasteiger partial charge in [-0.05, 0) is 24.1 Å². The van der Waals surface area contributed by atoms with Gasteiger partial charge >= 0.3 is 6.18 Å². The van der Waals surface area contributed by atoms with Crippen LogP contribution in [0.25, 0.3) is 0 Å². The predicted molar refractivity (Wildman–Crippen MR) is 96.1 cm³/mol. The van der Waals surface area contributed by atoms with Gasteiger partial charge in [-0.15, -0.1) is 5.10 Å². The van der Waals surface area contributed by atoms with Crippen LogP contribution in [-0.4, -0.2) is 22.5 Å². The first-order chi connectivity index (χ1) is 12.8. The van der Waals surface area contributed by atoms with Gasteiger partial charge in [0.1, 0.15) is 5.82 Å². The Morgan fingerprint density at radius 2 is 1.93 bits per heavy atom. The summed E-state index contributed by atoms with van der Waals surface area (Å²) < 4.78 is 51.8. The maximum Gasteiger partial charge on any atom is 0.416 e. The number of amides is 1. The summed E-state index contributed by atoms with van der Waals surface area (Å²) in [5, 5.41) is 9.69. The van der Waals surface area contributed by atoms with Crippen molar-refractivity contribution in [1.29, 1.82) is 0 Å². The molecule has 0 spiro atoms. The minimum atomic E-state index is -4.44. The summed E-state index contributed by atoms with van der Waals surface area (Å²) >= 11 is 1.07. The summed E-state index contributed by atoms with van der Waals surface area (Å²) in [7, 11) is 0. The molecule has 0 aliphatic carbocycles. The van der Waals surface area contributed by atoms with Gasteiger partial charge in [0.15, 0.2) is 5.17 Å². The first kappa shape index (κ1) is 19.1. The number of benzene rings is 2. The number of amidine groups is 1. The van der Waals surface area contributed by atoms with Crippen molar-refractivity contribution in [3.05, 3.63) is 71.0 Å². The molecule has 1 amide bonds. The molecule has 1 heterocycles. The third-order valence-electron chi connectivity index (χ3n) is 3.70. The van der Waals surface area contributed by atoms with Gasteiger partial charge in [0.25, 0.3) is 0 Å². The number of hydrogen-bond donors (Lipinski definition) is 1. The van der Waals surface area contributed by atoms with E-state index in [1.165, 1.54) is 30.5 Å². The van der Waals surface area contributed by atoms with Gasteiger partial charge in [0.05, 0.1) is 17.0 Å². The number of rotatable bonds is 4. The number of thioether (sulfide) groups is 1. The maximum atomic E-state index is 13.5. The van der Waals surface area contributed by atoms with Crippen molar-refractivity contribution in [2.24, 2.45) is 10.2 Å². The second-order valence-corrected chi connectivity index (χ2v) is 6.86. The van der Waals surface area contributed by atoms with Gasteiger partial charge in [-0.3, -0.25) is 4.79 Å². The summed E-state index contributed by atoms with van der Waals surface area (Å²) in [6.07, 6.45) is -3.10. The topological polar surface area (TPSA) is 53.8 Å². The minimum absolute atomic E-state index is 0.121. The molecule has 0 unspecified atom stereocenters. The van der Waals surface area contributed by atoms with Crippen LogP contribution >= 0.6 is 11.8 Å². The van der Waals surface area contributed by atoms with Gasteiger partial charge in [-0.1, -0.05) is 48.2 Å². The van der Waals surface area contributed by atoms with E-state index in [-0.39, 0.29) is 23.1 Å². The molecular formula is C18H13F4N3OS. The van der Waals surface area contributed by atoms with Crippen LogP contribution in [0.5, 0.6) is 0 Å². The van der Waals surface area contributed by atoms with Crippen LogP contribution in [0, 0.1) is 5.82 Å². The molecule has 1 aliphatic heterocycles. The number of carbonyl (C=O) groups is 1. The Morgan fingerprint density at radius 1 is 1.15 bits per heavy atom. The normalized spacial score (nSPS) is 19.0. The molecule has 1 aliphatic rings. The smallest absolute Gasteiger partial charge is 0.303 e. The number of alkyl halides is 3. The van der Waals surface area contributed by atoms with E-state index < -0.39 is 22.8 Å². The van der Waals surface area contributed by atoms with Gasteiger partial charge in [-0.25, -0.2) is 4.39 Å². The molecule has 1 fully saturated rings. The second kappa shape index (κ2) is 7.91. The van der Waals surface area contributed by atoms with Crippen molar-refractivity contribution >= 4 is 29.1 Å². The average Bonchev–Trinajstić information content (AvgIpc) is 2.96. The lowest BCUT2D eigenvalue weighted by atomic mass is 10.1. The van der Waals surface area contributed by atoms with Crippen molar-refractivity contribution < 1.29 is 22.4 Å². The van der Waals surface area contributed by atoms with Gasteiger partial charge < -0.3 is 5.32 Å². The summed E-state index contributed by atoms with van der Waals surface area (Å²) in [6.45, 7) is 0. The summed E-state index contributed by atoms with van der Waals surface area (Å²) in [4.78, 5) is 12.0. The van der Waals surface area contributed by atoms with Gasteiger partial charge in [0.2, 0.25) is 5.91 Å². The molecule has 4 nitrogen and oxygen atoms in total. The van der Waals surface area contributed by atoms with Crippen LogP contribution in [0.1, 0.15) is 16.7 Å². The Labute approximate surface area is 156 Å². The Bertz CT molecular complexity index is 911. The van der Waals surface area contributed by atoms with Crippen LogP contribution in [0.15, 0.2) is 58.7 Å². The van der Waals surface area contributed by atoms with Crippen molar-refractivity contribution in [3.8, 4) is 0 Å². The fraction of sp³-hybridized carbons (Fsp3) is 0.167. The van der Waals surface area contributed by atoms with Crippen LogP contribution < -0.4 is 5.32 Å². The number of carbonyl (C=O) groups excluding carboxylic acids is 1. The van der Waals surface area contributed by atoms with E-state index in [4.69, 9.17) is 0 Å². The lowest BCUT2D eigenvalue weighted by Gasteiger charge is -2.10. The first-order valence-electron chi connectivity index (χ1n) is 7.82. The molecule has 27 heavy (non-hydrogen) atoms. The minimum Gasteiger partial charge on any atom is -0.303 e. The van der Waals surface area contributed by atoms with Crippen molar-refractivity contribution in [1.82, 2.24) is 5.32 Å². The molecule has 1 N–H and O–H groups in total. The molecular weight excluding hydrogens is 382 g/mol. The fourth-order valence-corrected chi connectivity index (χ4v) is 3.36. The monoisotopic (exact) mass is 395 g/mol. The Hall–Kier alpha value is -2.68. The molecule has 0 saturated carbocycles. The zero-order chi connectivity index (χ0) is 19.4. The van der Waals surface area contributed by atoms with E-state index in [2.05, 4.69) is 15.5 Å². The molecule has 9 heteroatoms. The van der Waals surface area contributed by atoms with Crippen molar-refractivity contribution in [2.45, 2.75) is 17.8 Å². The Kier molecular flexibility index (Phi) is 5.59. The van der Waals surface area contributed by atoms with Crippen molar-refractivity contribution in [2.75, 3.05) is 0 Å². The van der Waals surface area contributed by atoms with E-state index in [9.17, 15) is 22.4 Å². The lowest BCUT2D eigenvalue weighted by Crippen LogP contribution is -2.26. The van der Waals surface area contributed by atoms with Gasteiger partial charge in [0, 0.05) is 5.56 Å². The molecule has 140 valence electrons. The molecule has 0 aromatic heterocycles. The molecule has 0 bridgehead atoms. The average molecular weight is 395 g/mol. The zero-order valence-corrected chi connectivity index (χ0v) is 14.5. The fourth-order valence-electron chi connectivity index (χ4n) is 2.40. The van der Waals surface area contributed by atoms with Crippen LogP contribution in [0.4, 0.5) is 17.6 Å². The summed E-state index contributed by atoms with van der Waals surface area (Å²) in [6, 6.07) is 10.9. The highest BCUT2D eigenvalue weighted by Crippen LogP contribution is 2.31. The van der Waals surface area contributed by atoms with Crippen LogP contribution in [0.3, 0.4) is 0 Å². The predicted octanol–water partition coefficient (Wildman–Crippen LogP) is 4.01. The second-order valence-electron chi connectivity index (χ2n) is 5.67. The van der Waals surface area contributed by atoms with E-state index in [0.717, 1.165) is 23.9 Å². The number of halogens is 4. The SMILES string of the molecule is O=C1N/C(=N/N=C\c2ccccc2F)S[C@H]1Cc1cccc(C(F)(F)F)c1. The summed E-state index contributed by atoms with van der Waals surface area (Å²) in [5.74, 6) is -0.816. The number of hydrogen-bond acceptors (Lipinski definition) is 4. The zero-order valence-electron chi connectivity index (χ0n) is 13.7. The van der Waals surface area contributed by atoms with E-state index in [0.29, 0.717) is 5.56 Å². The number of nitrogens with one attached hydrogen (secondary N) is 1. The van der Waals surface area contributed by atoms with Crippen LogP contribution in [-0.2, 0) is 17.4 Å². The summed E-state index contributed by atoms with van der Waals surface area (Å²) in [5.41, 5.74) is -0.114. The Balaban J connectivity index is 1.66. The molecule has 0 radical (unpaired) electrons. The molecule has 2 aromatic rings. The number of nitrogens with zero attached hydrogens (tertiary/aromatic N) is 2. The van der Waals surface area contributed by atoms with E-state index in [1.54, 1.807) is 12.1 Å². The van der Waals surface area contributed by atoms with Crippen molar-refractivity contribution in [3.63, 3.8) is 0 Å².